The molecule has 0 fully saturated rings. The summed E-state index contributed by atoms with van der Waals surface area (Å²) in [4.78, 5) is 11.9. The summed E-state index contributed by atoms with van der Waals surface area (Å²) in [6, 6.07) is 5.72. The Morgan fingerprint density at radius 2 is 2.00 bits per heavy atom. The van der Waals surface area contributed by atoms with E-state index in [-0.39, 0.29) is 11.8 Å². The lowest BCUT2D eigenvalue weighted by atomic mass is 10.0. The summed E-state index contributed by atoms with van der Waals surface area (Å²) in [5.74, 6) is 0.491. The van der Waals surface area contributed by atoms with Crippen LogP contribution in [0, 0.1) is 5.92 Å². The summed E-state index contributed by atoms with van der Waals surface area (Å²) in [5.41, 5.74) is 1.88. The minimum atomic E-state index is 0.0403. The van der Waals surface area contributed by atoms with Crippen molar-refractivity contribution in [3.8, 4) is 0 Å². The summed E-state index contributed by atoms with van der Waals surface area (Å²) < 4.78 is 0. The predicted molar refractivity (Wildman–Crippen MR) is 78.2 cm³/mol. The lowest BCUT2D eigenvalue weighted by molar-refractivity contribution is -0.119. The molecule has 100 valence electrons. The lowest BCUT2D eigenvalue weighted by Gasteiger charge is -2.13. The number of anilines is 1. The molecule has 1 N–H and O–H groups in total. The largest absolute Gasteiger partial charge is 0.326 e. The fourth-order valence-electron chi connectivity index (χ4n) is 1.90. The predicted octanol–water partition coefficient (Wildman–Crippen LogP) is 4.84. The van der Waals surface area contributed by atoms with E-state index in [9.17, 15) is 4.79 Å². The minimum absolute atomic E-state index is 0.0403. The zero-order valence-corrected chi connectivity index (χ0v) is 12.3. The Balaban J connectivity index is 2.74. The van der Waals surface area contributed by atoms with Crippen molar-refractivity contribution in [2.24, 2.45) is 5.92 Å². The van der Waals surface area contributed by atoms with E-state index in [4.69, 9.17) is 11.6 Å². The molecule has 0 radical (unpaired) electrons. The van der Waals surface area contributed by atoms with Crippen molar-refractivity contribution >= 4 is 23.2 Å². The Morgan fingerprint density at radius 3 is 2.50 bits per heavy atom. The summed E-state index contributed by atoms with van der Waals surface area (Å²) in [7, 11) is 0. The lowest BCUT2D eigenvalue weighted by Crippen LogP contribution is -2.20. The highest BCUT2D eigenvalue weighted by molar-refractivity contribution is 6.31. The van der Waals surface area contributed by atoms with Crippen molar-refractivity contribution in [1.82, 2.24) is 0 Å². The van der Waals surface area contributed by atoms with Gasteiger partial charge in [-0.1, -0.05) is 51.8 Å². The maximum atomic E-state index is 11.9. The highest BCUT2D eigenvalue weighted by Gasteiger charge is 2.13. The molecule has 1 aromatic rings. The molecule has 0 bridgehead atoms. The average Bonchev–Trinajstić information content (AvgIpc) is 2.28. The Kier molecular flexibility index (Phi) is 5.67. The van der Waals surface area contributed by atoms with Gasteiger partial charge in [-0.05, 0) is 30.0 Å². The van der Waals surface area contributed by atoms with Crippen molar-refractivity contribution in [1.29, 1.82) is 0 Å². The van der Waals surface area contributed by atoms with Gasteiger partial charge in [0.25, 0.3) is 0 Å². The van der Waals surface area contributed by atoms with Gasteiger partial charge < -0.3 is 5.32 Å². The third kappa shape index (κ3) is 4.02. The second-order valence-corrected chi connectivity index (χ2v) is 5.48. The number of carbonyl (C=O) groups is 1. The summed E-state index contributed by atoms with van der Waals surface area (Å²) in [6.45, 7) is 8.23. The number of hydrogen-bond donors (Lipinski definition) is 1. The molecular formula is C15H22ClNO. The molecule has 1 amide bonds. The summed E-state index contributed by atoms with van der Waals surface area (Å²) in [6.07, 6.45) is 1.92. The van der Waals surface area contributed by atoms with Crippen LogP contribution < -0.4 is 5.32 Å². The van der Waals surface area contributed by atoms with Gasteiger partial charge in [-0.2, -0.15) is 0 Å². The molecule has 0 spiro atoms. The first-order valence-electron chi connectivity index (χ1n) is 6.56. The van der Waals surface area contributed by atoms with E-state index in [1.165, 1.54) is 0 Å². The molecule has 1 atom stereocenters. The molecule has 0 heterocycles. The molecule has 0 unspecified atom stereocenters. The van der Waals surface area contributed by atoms with E-state index in [1.54, 1.807) is 0 Å². The van der Waals surface area contributed by atoms with Crippen molar-refractivity contribution in [2.75, 3.05) is 5.32 Å². The molecule has 0 aromatic heterocycles. The normalized spacial score (nSPS) is 12.6. The van der Waals surface area contributed by atoms with Crippen LogP contribution >= 0.6 is 11.6 Å². The Labute approximate surface area is 115 Å². The molecule has 0 aliphatic carbocycles. The van der Waals surface area contributed by atoms with Gasteiger partial charge in [0.05, 0.1) is 0 Å². The summed E-state index contributed by atoms with van der Waals surface area (Å²) in [5, 5.41) is 3.62. The zero-order chi connectivity index (χ0) is 13.7. The van der Waals surface area contributed by atoms with Gasteiger partial charge in [0, 0.05) is 16.6 Å². The molecule has 1 rings (SSSR count). The van der Waals surface area contributed by atoms with E-state index in [2.05, 4.69) is 26.1 Å². The number of amides is 1. The van der Waals surface area contributed by atoms with E-state index in [0.29, 0.717) is 10.9 Å². The highest BCUT2D eigenvalue weighted by atomic mass is 35.5. The smallest absolute Gasteiger partial charge is 0.227 e. The molecule has 0 saturated carbocycles. The second kappa shape index (κ2) is 6.79. The van der Waals surface area contributed by atoms with Crippen molar-refractivity contribution in [3.63, 3.8) is 0 Å². The van der Waals surface area contributed by atoms with Crippen LogP contribution in [-0.4, -0.2) is 5.91 Å². The van der Waals surface area contributed by atoms with Crippen LogP contribution in [0.4, 0.5) is 5.69 Å². The van der Waals surface area contributed by atoms with Gasteiger partial charge in [0.1, 0.15) is 0 Å². The topological polar surface area (TPSA) is 29.1 Å². The number of carbonyl (C=O) groups excluding carboxylic acids is 1. The van der Waals surface area contributed by atoms with Crippen LogP contribution in [-0.2, 0) is 4.79 Å². The van der Waals surface area contributed by atoms with Gasteiger partial charge in [-0.3, -0.25) is 4.79 Å². The third-order valence-electron chi connectivity index (χ3n) is 3.06. The zero-order valence-electron chi connectivity index (χ0n) is 11.6. The Bertz CT molecular complexity index is 415. The van der Waals surface area contributed by atoms with Crippen molar-refractivity contribution in [2.45, 2.75) is 46.5 Å². The number of halogens is 1. The Hall–Kier alpha value is -1.02. The standard InChI is InChI=1S/C15H22ClNO/c1-5-6-11(4)15(18)17-12-7-8-13(10(2)3)14(16)9-12/h7-11H,5-6H2,1-4H3,(H,17,18)/t11-/m0/s1. The van der Waals surface area contributed by atoms with Gasteiger partial charge >= 0.3 is 0 Å². The number of rotatable bonds is 5. The molecular weight excluding hydrogens is 246 g/mol. The fraction of sp³-hybridized carbons (Fsp3) is 0.533. The van der Waals surface area contributed by atoms with Crippen molar-refractivity contribution < 1.29 is 4.79 Å². The molecule has 3 heteroatoms. The van der Waals surface area contributed by atoms with Gasteiger partial charge in [-0.25, -0.2) is 0 Å². The van der Waals surface area contributed by atoms with Crippen LogP contribution in [0.2, 0.25) is 5.02 Å². The van der Waals surface area contributed by atoms with E-state index in [0.717, 1.165) is 24.1 Å². The summed E-state index contributed by atoms with van der Waals surface area (Å²) >= 11 is 6.20. The van der Waals surface area contributed by atoms with Gasteiger partial charge in [0.15, 0.2) is 0 Å². The molecule has 2 nitrogen and oxygen atoms in total. The average molecular weight is 268 g/mol. The van der Waals surface area contributed by atoms with Crippen molar-refractivity contribution in [3.05, 3.63) is 28.8 Å². The minimum Gasteiger partial charge on any atom is -0.326 e. The maximum absolute atomic E-state index is 11.9. The number of benzene rings is 1. The quantitative estimate of drug-likeness (QED) is 0.813. The molecule has 0 aliphatic rings. The monoisotopic (exact) mass is 267 g/mol. The molecule has 0 saturated heterocycles. The first-order valence-corrected chi connectivity index (χ1v) is 6.93. The van der Waals surface area contributed by atoms with Crippen LogP contribution in [0.15, 0.2) is 18.2 Å². The first-order chi connectivity index (χ1) is 8.45. The van der Waals surface area contributed by atoms with E-state index < -0.39 is 0 Å². The molecule has 0 aliphatic heterocycles. The van der Waals surface area contributed by atoms with E-state index in [1.807, 2.05) is 25.1 Å². The molecule has 18 heavy (non-hydrogen) atoms. The van der Waals surface area contributed by atoms with Crippen LogP contribution in [0.3, 0.4) is 0 Å². The fourth-order valence-corrected chi connectivity index (χ4v) is 2.30. The first kappa shape index (κ1) is 15.0. The second-order valence-electron chi connectivity index (χ2n) is 5.07. The highest BCUT2D eigenvalue weighted by Crippen LogP contribution is 2.27. The molecule has 1 aromatic carbocycles. The number of hydrogen-bond acceptors (Lipinski definition) is 1. The van der Waals surface area contributed by atoms with Crippen LogP contribution in [0.5, 0.6) is 0 Å². The Morgan fingerprint density at radius 1 is 1.33 bits per heavy atom. The SMILES string of the molecule is CCC[C@H](C)C(=O)Nc1ccc(C(C)C)c(Cl)c1. The number of nitrogens with one attached hydrogen (secondary N) is 1. The van der Waals surface area contributed by atoms with Crippen LogP contribution in [0.25, 0.3) is 0 Å². The maximum Gasteiger partial charge on any atom is 0.227 e. The van der Waals surface area contributed by atoms with Gasteiger partial charge in [-0.15, -0.1) is 0 Å². The van der Waals surface area contributed by atoms with E-state index >= 15 is 0 Å². The van der Waals surface area contributed by atoms with Gasteiger partial charge in [0.2, 0.25) is 5.91 Å². The van der Waals surface area contributed by atoms with Crippen LogP contribution in [0.1, 0.15) is 52.0 Å². The third-order valence-corrected chi connectivity index (χ3v) is 3.39.